The Labute approximate surface area is 119 Å². The lowest BCUT2D eigenvalue weighted by Gasteiger charge is -2.38. The zero-order chi connectivity index (χ0) is 13.8. The summed E-state index contributed by atoms with van der Waals surface area (Å²) in [6.07, 6.45) is 3.97. The Morgan fingerprint density at radius 2 is 2.21 bits per heavy atom. The Hall–Kier alpha value is -1.06. The van der Waals surface area contributed by atoms with Crippen molar-refractivity contribution >= 4 is 17.5 Å². The maximum atomic E-state index is 12.6. The van der Waals surface area contributed by atoms with E-state index in [1.165, 1.54) is 6.42 Å². The van der Waals surface area contributed by atoms with Crippen LogP contribution in [0.1, 0.15) is 41.6 Å². The number of aliphatic hydroxyl groups is 1. The molecule has 0 saturated heterocycles. The second-order valence-corrected chi connectivity index (χ2v) is 5.56. The van der Waals surface area contributed by atoms with E-state index >= 15 is 0 Å². The van der Waals surface area contributed by atoms with Crippen LogP contribution in [-0.2, 0) is 0 Å². The van der Waals surface area contributed by atoms with Crippen LogP contribution in [-0.4, -0.2) is 35.1 Å². The van der Waals surface area contributed by atoms with Crippen LogP contribution in [0.4, 0.5) is 0 Å². The molecule has 0 aromatic heterocycles. The summed E-state index contributed by atoms with van der Waals surface area (Å²) in [6, 6.07) is 5.71. The molecule has 0 unspecified atom stereocenters. The lowest BCUT2D eigenvalue weighted by Crippen LogP contribution is -2.45. The zero-order valence-electron chi connectivity index (χ0n) is 11.2. The summed E-state index contributed by atoms with van der Waals surface area (Å²) < 4.78 is 0. The first-order valence-corrected chi connectivity index (χ1v) is 7.19. The molecule has 104 valence electrons. The van der Waals surface area contributed by atoms with E-state index in [1.807, 2.05) is 17.9 Å². The molecule has 0 radical (unpaired) electrons. The van der Waals surface area contributed by atoms with Gasteiger partial charge in [0.25, 0.3) is 5.91 Å². The monoisotopic (exact) mass is 281 g/mol. The van der Waals surface area contributed by atoms with Gasteiger partial charge in [0.2, 0.25) is 0 Å². The number of carbonyl (C=O) groups excluding carboxylic acids is 1. The zero-order valence-corrected chi connectivity index (χ0v) is 12.0. The van der Waals surface area contributed by atoms with Gasteiger partial charge in [-0.2, -0.15) is 0 Å². The molecule has 19 heavy (non-hydrogen) atoms. The summed E-state index contributed by atoms with van der Waals surface area (Å²) in [6.45, 7) is 2.66. The topological polar surface area (TPSA) is 40.5 Å². The van der Waals surface area contributed by atoms with Crippen molar-refractivity contribution < 1.29 is 9.90 Å². The van der Waals surface area contributed by atoms with Crippen molar-refractivity contribution in [2.24, 2.45) is 0 Å². The molecule has 1 aliphatic carbocycles. The highest BCUT2D eigenvalue weighted by Crippen LogP contribution is 2.27. The maximum Gasteiger partial charge on any atom is 0.254 e. The van der Waals surface area contributed by atoms with Crippen molar-refractivity contribution in [3.63, 3.8) is 0 Å². The van der Waals surface area contributed by atoms with E-state index in [4.69, 9.17) is 16.7 Å². The first-order chi connectivity index (χ1) is 9.13. The highest BCUT2D eigenvalue weighted by molar-refractivity contribution is 6.30. The van der Waals surface area contributed by atoms with Crippen LogP contribution in [0.5, 0.6) is 0 Å². The smallest absolute Gasteiger partial charge is 0.254 e. The van der Waals surface area contributed by atoms with Crippen molar-refractivity contribution in [2.45, 2.75) is 38.6 Å². The highest BCUT2D eigenvalue weighted by Gasteiger charge is 2.29. The molecule has 0 spiro atoms. The summed E-state index contributed by atoms with van der Waals surface area (Å²) in [4.78, 5) is 14.5. The number of nitrogens with zero attached hydrogens (tertiary/aromatic N) is 1. The fourth-order valence-corrected chi connectivity index (χ4v) is 2.64. The Kier molecular flexibility index (Phi) is 4.83. The molecule has 0 bridgehead atoms. The lowest BCUT2D eigenvalue weighted by atomic mass is 9.90. The van der Waals surface area contributed by atoms with Crippen LogP contribution >= 0.6 is 11.6 Å². The number of hydrogen-bond donors (Lipinski definition) is 1. The van der Waals surface area contributed by atoms with E-state index in [0.717, 1.165) is 18.4 Å². The molecular weight excluding hydrogens is 262 g/mol. The summed E-state index contributed by atoms with van der Waals surface area (Å²) in [5.41, 5.74) is 1.63. The van der Waals surface area contributed by atoms with Gasteiger partial charge >= 0.3 is 0 Å². The number of aliphatic hydroxyl groups excluding tert-OH is 1. The van der Waals surface area contributed by atoms with Crippen molar-refractivity contribution in [2.75, 3.05) is 13.2 Å². The van der Waals surface area contributed by atoms with E-state index in [0.29, 0.717) is 29.6 Å². The van der Waals surface area contributed by atoms with Gasteiger partial charge in [0, 0.05) is 29.8 Å². The van der Waals surface area contributed by atoms with Crippen LogP contribution < -0.4 is 0 Å². The second kappa shape index (κ2) is 6.40. The van der Waals surface area contributed by atoms with Crippen molar-refractivity contribution in [3.05, 3.63) is 34.3 Å². The van der Waals surface area contributed by atoms with E-state index in [2.05, 4.69) is 0 Å². The van der Waals surface area contributed by atoms with E-state index in [-0.39, 0.29) is 12.5 Å². The average molecular weight is 282 g/mol. The van der Waals surface area contributed by atoms with Crippen LogP contribution in [0.3, 0.4) is 0 Å². The normalized spacial score (nSPS) is 15.1. The molecule has 1 N–H and O–H groups in total. The molecule has 4 heteroatoms. The van der Waals surface area contributed by atoms with Crippen LogP contribution in [0, 0.1) is 6.92 Å². The van der Waals surface area contributed by atoms with Gasteiger partial charge in [0.15, 0.2) is 0 Å². The van der Waals surface area contributed by atoms with Gasteiger partial charge in [-0.3, -0.25) is 4.79 Å². The van der Waals surface area contributed by atoms with Crippen molar-refractivity contribution in [1.29, 1.82) is 0 Å². The van der Waals surface area contributed by atoms with E-state index in [9.17, 15) is 4.79 Å². The Balaban J connectivity index is 2.17. The van der Waals surface area contributed by atoms with Gasteiger partial charge < -0.3 is 10.0 Å². The molecule has 2 rings (SSSR count). The Bertz CT molecular complexity index is 457. The molecule has 0 atom stereocenters. The number of halogens is 1. The van der Waals surface area contributed by atoms with Gasteiger partial charge in [-0.25, -0.2) is 0 Å². The predicted molar refractivity (Wildman–Crippen MR) is 76.6 cm³/mol. The number of amides is 1. The third-order valence-electron chi connectivity index (χ3n) is 3.75. The number of benzene rings is 1. The number of aryl methyl sites for hydroxylation is 1. The molecule has 0 aliphatic heterocycles. The third kappa shape index (κ3) is 3.28. The fraction of sp³-hybridized carbons (Fsp3) is 0.533. The molecule has 1 amide bonds. The molecule has 0 heterocycles. The predicted octanol–water partition coefficient (Wildman–Crippen LogP) is 3.03. The Morgan fingerprint density at radius 1 is 1.47 bits per heavy atom. The average Bonchev–Trinajstić information content (AvgIpc) is 2.31. The summed E-state index contributed by atoms with van der Waals surface area (Å²) in [7, 11) is 0. The summed E-state index contributed by atoms with van der Waals surface area (Å²) >= 11 is 5.93. The molecule has 1 aromatic carbocycles. The van der Waals surface area contributed by atoms with Crippen LogP contribution in [0.25, 0.3) is 0 Å². The fourth-order valence-electron chi connectivity index (χ4n) is 2.41. The van der Waals surface area contributed by atoms with Gasteiger partial charge in [0.1, 0.15) is 0 Å². The first-order valence-electron chi connectivity index (χ1n) is 6.81. The highest BCUT2D eigenvalue weighted by atomic mass is 35.5. The third-order valence-corrected chi connectivity index (χ3v) is 3.99. The molecule has 1 fully saturated rings. The number of carbonyl (C=O) groups is 1. The number of hydrogen-bond acceptors (Lipinski definition) is 2. The minimum absolute atomic E-state index is 0.0623. The minimum Gasteiger partial charge on any atom is -0.396 e. The van der Waals surface area contributed by atoms with Gasteiger partial charge in [-0.15, -0.1) is 0 Å². The SMILES string of the molecule is Cc1cc(Cl)ccc1C(=O)N(CCCO)C1CCC1. The summed E-state index contributed by atoms with van der Waals surface area (Å²) in [5, 5.41) is 9.63. The van der Waals surface area contributed by atoms with Crippen LogP contribution in [0.15, 0.2) is 18.2 Å². The van der Waals surface area contributed by atoms with Crippen molar-refractivity contribution in [3.8, 4) is 0 Å². The largest absolute Gasteiger partial charge is 0.396 e. The molecular formula is C15H20ClNO2. The maximum absolute atomic E-state index is 12.6. The van der Waals surface area contributed by atoms with Crippen molar-refractivity contribution in [1.82, 2.24) is 4.90 Å². The quantitative estimate of drug-likeness (QED) is 0.901. The standard InChI is InChI=1S/C15H20ClNO2/c1-11-10-12(16)6-7-14(11)15(19)17(8-3-9-18)13-4-2-5-13/h6-7,10,13,18H,2-5,8-9H2,1H3. The summed E-state index contributed by atoms with van der Waals surface area (Å²) in [5.74, 6) is 0.0623. The Morgan fingerprint density at radius 3 is 2.74 bits per heavy atom. The van der Waals surface area contributed by atoms with E-state index in [1.54, 1.807) is 12.1 Å². The van der Waals surface area contributed by atoms with Gasteiger partial charge in [-0.05, 0) is 56.4 Å². The van der Waals surface area contributed by atoms with Gasteiger partial charge in [-0.1, -0.05) is 11.6 Å². The molecule has 1 saturated carbocycles. The van der Waals surface area contributed by atoms with E-state index < -0.39 is 0 Å². The first kappa shape index (κ1) is 14.4. The molecule has 1 aliphatic rings. The molecule has 1 aromatic rings. The lowest BCUT2D eigenvalue weighted by molar-refractivity contribution is 0.0562. The van der Waals surface area contributed by atoms with Gasteiger partial charge in [0.05, 0.1) is 0 Å². The molecule has 3 nitrogen and oxygen atoms in total. The second-order valence-electron chi connectivity index (χ2n) is 5.12. The minimum atomic E-state index is 0.0623. The van der Waals surface area contributed by atoms with Crippen LogP contribution in [0.2, 0.25) is 5.02 Å². The number of rotatable bonds is 5.